The summed E-state index contributed by atoms with van der Waals surface area (Å²) in [6, 6.07) is 8.99. The van der Waals surface area contributed by atoms with Gasteiger partial charge in [0, 0.05) is 16.8 Å². The summed E-state index contributed by atoms with van der Waals surface area (Å²) in [4.78, 5) is 33.2. The Morgan fingerprint density at radius 2 is 1.92 bits per heavy atom. The Balaban J connectivity index is 1.79. The highest BCUT2D eigenvalue weighted by molar-refractivity contribution is 6.30. The minimum absolute atomic E-state index is 0.0885. The molecule has 4 rings (SSSR count). The van der Waals surface area contributed by atoms with Crippen LogP contribution in [0.4, 0.5) is 13.2 Å². The van der Waals surface area contributed by atoms with Gasteiger partial charge in [0.15, 0.2) is 29.3 Å². The third kappa shape index (κ3) is 5.31. The van der Waals surface area contributed by atoms with Crippen molar-refractivity contribution in [2.24, 2.45) is 5.73 Å². The van der Waals surface area contributed by atoms with Gasteiger partial charge < -0.3 is 15.6 Å². The van der Waals surface area contributed by atoms with Crippen molar-refractivity contribution in [3.63, 3.8) is 0 Å². The van der Waals surface area contributed by atoms with Crippen molar-refractivity contribution >= 4 is 17.5 Å². The van der Waals surface area contributed by atoms with Gasteiger partial charge in [-0.2, -0.15) is 17.9 Å². The summed E-state index contributed by atoms with van der Waals surface area (Å²) in [6.07, 6.45) is -6.39. The van der Waals surface area contributed by atoms with E-state index in [4.69, 9.17) is 22.1 Å². The molecule has 0 saturated carbocycles. The summed E-state index contributed by atoms with van der Waals surface area (Å²) in [5.74, 6) is -1.23. The monoisotopic (exact) mass is 538 g/mol. The van der Waals surface area contributed by atoms with Crippen LogP contribution in [0.5, 0.6) is 5.75 Å². The molecule has 0 aliphatic heterocycles. The number of hydrogen-bond acceptors (Lipinski definition) is 8. The lowest BCUT2D eigenvalue weighted by molar-refractivity contribution is -0.207. The smallest absolute Gasteiger partial charge is 0.416 e. The standard InChI is InChI=1S/C21H18ClF3N8O4/c1-37-13-3-2-8-27-18(13)33-19(16(26)35)28-15(29-33)10-32-20(36)31(9-14(34)21(23,24)25)17(30-32)11-4-6-12(22)7-5-11/h2-8,14,34H,9-10H2,1H3,(H2,26,35)/t14-/m0/s1. The molecule has 194 valence electrons. The number of aromatic nitrogens is 7. The largest absolute Gasteiger partial charge is 0.493 e. The van der Waals surface area contributed by atoms with Gasteiger partial charge in [-0.25, -0.2) is 19.4 Å². The van der Waals surface area contributed by atoms with Crippen molar-refractivity contribution < 1.29 is 27.8 Å². The summed E-state index contributed by atoms with van der Waals surface area (Å²) in [5.41, 5.74) is 4.71. The Kier molecular flexibility index (Phi) is 7.00. The lowest BCUT2D eigenvalue weighted by Crippen LogP contribution is -2.37. The van der Waals surface area contributed by atoms with Crippen LogP contribution >= 0.6 is 11.6 Å². The van der Waals surface area contributed by atoms with Gasteiger partial charge in [-0.15, -0.1) is 10.2 Å². The number of primary amides is 1. The molecule has 3 N–H and O–H groups in total. The van der Waals surface area contributed by atoms with E-state index in [2.05, 4.69) is 20.2 Å². The third-order valence-corrected chi connectivity index (χ3v) is 5.34. The number of halogens is 4. The highest BCUT2D eigenvalue weighted by atomic mass is 35.5. The van der Waals surface area contributed by atoms with Crippen LogP contribution in [0.2, 0.25) is 5.02 Å². The van der Waals surface area contributed by atoms with Crippen LogP contribution in [0.3, 0.4) is 0 Å². The Morgan fingerprint density at radius 1 is 1.22 bits per heavy atom. The fourth-order valence-electron chi connectivity index (χ4n) is 3.36. The first-order valence-corrected chi connectivity index (χ1v) is 10.8. The maximum atomic E-state index is 13.1. The number of methoxy groups -OCH3 is 1. The van der Waals surface area contributed by atoms with Crippen molar-refractivity contribution in [3.05, 3.63) is 69.8 Å². The summed E-state index contributed by atoms with van der Waals surface area (Å²) >= 11 is 5.89. The number of alkyl halides is 3. The zero-order valence-electron chi connectivity index (χ0n) is 18.9. The van der Waals surface area contributed by atoms with Crippen molar-refractivity contribution in [2.75, 3.05) is 7.11 Å². The van der Waals surface area contributed by atoms with E-state index in [9.17, 15) is 27.9 Å². The fourth-order valence-corrected chi connectivity index (χ4v) is 3.49. The molecule has 0 fully saturated rings. The number of carbonyl (C=O) groups is 1. The minimum atomic E-state index is -4.97. The molecule has 0 spiro atoms. The van der Waals surface area contributed by atoms with Crippen LogP contribution < -0.4 is 16.2 Å². The second kappa shape index (κ2) is 10.0. The summed E-state index contributed by atoms with van der Waals surface area (Å²) in [7, 11) is 1.38. The van der Waals surface area contributed by atoms with Gasteiger partial charge in [0.25, 0.3) is 5.91 Å². The fraction of sp³-hybridized carbons (Fsp3) is 0.238. The van der Waals surface area contributed by atoms with Crippen LogP contribution in [0, 0.1) is 0 Å². The minimum Gasteiger partial charge on any atom is -0.493 e. The molecule has 0 bridgehead atoms. The number of nitrogens with zero attached hydrogens (tertiary/aromatic N) is 7. The number of amides is 1. The first kappa shape index (κ1) is 25.8. The molecule has 0 aliphatic carbocycles. The van der Waals surface area contributed by atoms with Gasteiger partial charge in [-0.05, 0) is 36.4 Å². The molecule has 1 atom stereocenters. The zero-order valence-corrected chi connectivity index (χ0v) is 19.7. The molecule has 0 saturated heterocycles. The average Bonchev–Trinajstić information content (AvgIpc) is 3.41. The molecule has 1 aromatic carbocycles. The number of aliphatic hydroxyl groups excluding tert-OH is 1. The molecule has 3 heterocycles. The lowest BCUT2D eigenvalue weighted by atomic mass is 10.2. The van der Waals surface area contributed by atoms with Crippen LogP contribution in [-0.2, 0) is 13.1 Å². The van der Waals surface area contributed by atoms with E-state index in [1.807, 2.05) is 0 Å². The number of ether oxygens (including phenoxy) is 1. The number of aliphatic hydroxyl groups is 1. The number of carbonyl (C=O) groups excluding carboxylic acids is 1. The summed E-state index contributed by atoms with van der Waals surface area (Å²) in [6.45, 7) is -1.56. The van der Waals surface area contributed by atoms with E-state index < -0.39 is 37.0 Å². The molecule has 12 nitrogen and oxygen atoms in total. The van der Waals surface area contributed by atoms with Gasteiger partial charge in [0.2, 0.25) is 5.82 Å². The number of nitrogens with two attached hydrogens (primary N) is 1. The van der Waals surface area contributed by atoms with Gasteiger partial charge in [-0.1, -0.05) is 11.6 Å². The van der Waals surface area contributed by atoms with Crippen molar-refractivity contribution in [1.29, 1.82) is 0 Å². The second-order valence-corrected chi connectivity index (χ2v) is 8.03. The van der Waals surface area contributed by atoms with Crippen molar-refractivity contribution in [2.45, 2.75) is 25.4 Å². The number of pyridine rings is 1. The molecule has 0 unspecified atom stereocenters. The Bertz CT molecular complexity index is 1500. The first-order chi connectivity index (χ1) is 17.5. The highest BCUT2D eigenvalue weighted by Gasteiger charge is 2.39. The normalized spacial score (nSPS) is 12.5. The Labute approximate surface area is 210 Å². The molecule has 1 amide bonds. The molecule has 37 heavy (non-hydrogen) atoms. The van der Waals surface area contributed by atoms with Crippen molar-refractivity contribution in [1.82, 2.24) is 34.1 Å². The van der Waals surface area contributed by atoms with E-state index in [0.29, 0.717) is 9.59 Å². The van der Waals surface area contributed by atoms with Crippen LogP contribution in [-0.4, -0.2) is 64.5 Å². The van der Waals surface area contributed by atoms with E-state index in [-0.39, 0.29) is 34.6 Å². The van der Waals surface area contributed by atoms with Gasteiger partial charge in [0.05, 0.1) is 13.7 Å². The average molecular weight is 539 g/mol. The molecule has 0 radical (unpaired) electrons. The lowest BCUT2D eigenvalue weighted by Gasteiger charge is -2.15. The number of benzene rings is 1. The third-order valence-electron chi connectivity index (χ3n) is 5.09. The highest BCUT2D eigenvalue weighted by Crippen LogP contribution is 2.24. The quantitative estimate of drug-likeness (QED) is 0.341. The predicted octanol–water partition coefficient (Wildman–Crippen LogP) is 1.42. The molecule has 3 aromatic heterocycles. The molecule has 0 aliphatic rings. The van der Waals surface area contributed by atoms with E-state index in [1.165, 1.54) is 37.6 Å². The van der Waals surface area contributed by atoms with E-state index >= 15 is 0 Å². The van der Waals surface area contributed by atoms with Gasteiger partial charge in [-0.3, -0.25) is 9.36 Å². The predicted molar refractivity (Wildman–Crippen MR) is 122 cm³/mol. The maximum absolute atomic E-state index is 13.1. The van der Waals surface area contributed by atoms with E-state index in [0.717, 1.165) is 9.36 Å². The number of rotatable bonds is 8. The van der Waals surface area contributed by atoms with E-state index in [1.54, 1.807) is 12.1 Å². The topological polar surface area (TPSA) is 156 Å². The number of hydrogen-bond donors (Lipinski definition) is 2. The molecule has 16 heteroatoms. The summed E-state index contributed by atoms with van der Waals surface area (Å²) < 4.78 is 46.9. The van der Waals surface area contributed by atoms with Crippen molar-refractivity contribution in [3.8, 4) is 23.0 Å². The van der Waals surface area contributed by atoms with Gasteiger partial charge in [0.1, 0.15) is 6.54 Å². The van der Waals surface area contributed by atoms with Gasteiger partial charge >= 0.3 is 11.9 Å². The SMILES string of the molecule is COc1cccnc1-n1nc(Cn2nc(-c3ccc(Cl)cc3)n(C[C@H](O)C(F)(F)F)c2=O)nc1C(N)=O. The van der Waals surface area contributed by atoms with Crippen LogP contribution in [0.15, 0.2) is 47.4 Å². The molecule has 4 aromatic rings. The van der Waals surface area contributed by atoms with Crippen LogP contribution in [0.1, 0.15) is 16.4 Å². The Hall–Kier alpha value is -4.24. The maximum Gasteiger partial charge on any atom is 0.416 e. The van der Waals surface area contributed by atoms with Crippen LogP contribution in [0.25, 0.3) is 17.2 Å². The second-order valence-electron chi connectivity index (χ2n) is 7.60. The first-order valence-electron chi connectivity index (χ1n) is 10.4. The molecular formula is C21H18ClF3N8O4. The molecular weight excluding hydrogens is 521 g/mol. The zero-order chi connectivity index (χ0) is 26.9. The summed E-state index contributed by atoms with van der Waals surface area (Å²) in [5, 5.41) is 18.3. The Morgan fingerprint density at radius 3 is 2.54 bits per heavy atom.